The van der Waals surface area contributed by atoms with E-state index in [1.165, 1.54) is 6.07 Å². The molecule has 0 atom stereocenters. The maximum atomic E-state index is 11.9. The number of hydrogen-bond acceptors (Lipinski definition) is 1. The summed E-state index contributed by atoms with van der Waals surface area (Å²) in [6.45, 7) is -0.269. The third kappa shape index (κ3) is 3.75. The number of halogens is 3. The maximum Gasteiger partial charge on any atom is 0.394 e. The molecule has 0 fully saturated rings. The third-order valence-electron chi connectivity index (χ3n) is 1.37. The third-order valence-corrected chi connectivity index (χ3v) is 1.37. The molecule has 0 heterocycles. The van der Waals surface area contributed by atoms with E-state index in [0.29, 0.717) is 5.56 Å². The summed E-state index contributed by atoms with van der Waals surface area (Å²) >= 11 is 0. The first-order valence-corrected chi connectivity index (χ1v) is 3.22. The van der Waals surface area contributed by atoms with Gasteiger partial charge in [-0.15, -0.1) is 5.56 Å². The largest absolute Gasteiger partial charge is 0.404 e. The molecule has 0 aliphatic rings. The summed E-state index contributed by atoms with van der Waals surface area (Å²) in [6.07, 6.45) is -4.35. The summed E-state index contributed by atoms with van der Waals surface area (Å²) < 4.78 is 35.8. The second-order valence-corrected chi connectivity index (χ2v) is 2.27. The fourth-order valence-corrected chi connectivity index (χ4v) is 0.732. The van der Waals surface area contributed by atoms with Crippen LogP contribution in [0.2, 0.25) is 0 Å². The monoisotopic (exact) mass is 264 g/mol. The molecular formula is C8H6F3OY-. The minimum absolute atomic E-state index is 0. The smallest absolute Gasteiger partial charge is 0.394 e. The van der Waals surface area contributed by atoms with Crippen molar-refractivity contribution in [3.8, 4) is 0 Å². The van der Waals surface area contributed by atoms with E-state index in [-0.39, 0.29) is 39.3 Å². The Morgan fingerprint density at radius 2 is 1.92 bits per heavy atom. The zero-order valence-electron chi connectivity index (χ0n) is 6.60. The van der Waals surface area contributed by atoms with Gasteiger partial charge in [-0.3, -0.25) is 0 Å². The van der Waals surface area contributed by atoms with Crippen molar-refractivity contribution >= 4 is 0 Å². The fourth-order valence-electron chi connectivity index (χ4n) is 0.732. The molecule has 69 valence electrons. The Labute approximate surface area is 98.8 Å². The number of aliphatic hydroxyl groups is 1. The summed E-state index contributed by atoms with van der Waals surface area (Å²) in [6, 6.07) is 5.29. The van der Waals surface area contributed by atoms with Gasteiger partial charge >= 0.3 is 6.18 Å². The van der Waals surface area contributed by atoms with Crippen LogP contribution in [0.4, 0.5) is 13.2 Å². The van der Waals surface area contributed by atoms with E-state index in [2.05, 4.69) is 0 Å². The van der Waals surface area contributed by atoms with Crippen molar-refractivity contribution in [2.24, 2.45) is 0 Å². The van der Waals surface area contributed by atoms with Gasteiger partial charge in [0.15, 0.2) is 0 Å². The Morgan fingerprint density at radius 3 is 2.23 bits per heavy atom. The van der Waals surface area contributed by atoms with Crippen LogP contribution >= 0.6 is 0 Å². The Bertz CT molecular complexity index is 255. The van der Waals surface area contributed by atoms with E-state index in [9.17, 15) is 13.2 Å². The summed E-state index contributed by atoms with van der Waals surface area (Å²) in [5.41, 5.74) is -0.400. The van der Waals surface area contributed by atoms with E-state index in [1.807, 2.05) is 6.07 Å². The van der Waals surface area contributed by atoms with Gasteiger partial charge in [0.05, 0.1) is 0 Å². The van der Waals surface area contributed by atoms with Crippen molar-refractivity contribution < 1.29 is 51.0 Å². The van der Waals surface area contributed by atoms with Crippen LogP contribution in [0.25, 0.3) is 0 Å². The number of rotatable bonds is 1. The standard InChI is InChI=1S/C8H6F3O.Y/c9-8(10,11)7-3-1-6(5-12)2-4-7;/h1-3,12H,5H2;/q-1;. The summed E-state index contributed by atoms with van der Waals surface area (Å²) in [5, 5.41) is 8.53. The van der Waals surface area contributed by atoms with E-state index >= 15 is 0 Å². The molecule has 0 amide bonds. The molecule has 0 unspecified atom stereocenters. The molecule has 0 saturated carbocycles. The first-order chi connectivity index (χ1) is 5.54. The minimum Gasteiger partial charge on any atom is -0.404 e. The van der Waals surface area contributed by atoms with Crippen molar-refractivity contribution in [1.82, 2.24) is 0 Å². The molecule has 1 radical (unpaired) electrons. The van der Waals surface area contributed by atoms with Gasteiger partial charge in [-0.25, -0.2) is 0 Å². The van der Waals surface area contributed by atoms with Crippen LogP contribution < -0.4 is 0 Å². The quantitative estimate of drug-likeness (QED) is 0.769. The van der Waals surface area contributed by atoms with Crippen molar-refractivity contribution in [2.75, 3.05) is 0 Å². The molecule has 1 rings (SSSR count). The van der Waals surface area contributed by atoms with Gasteiger partial charge in [-0.2, -0.15) is 37.4 Å². The second kappa shape index (κ2) is 5.08. The Morgan fingerprint density at radius 1 is 1.31 bits per heavy atom. The van der Waals surface area contributed by atoms with Crippen LogP contribution in [0.3, 0.4) is 0 Å². The number of aliphatic hydroxyl groups excluding tert-OH is 1. The number of alkyl halides is 3. The van der Waals surface area contributed by atoms with Crippen LogP contribution in [0.15, 0.2) is 18.2 Å². The molecule has 1 nitrogen and oxygen atoms in total. The molecular weight excluding hydrogens is 258 g/mol. The van der Waals surface area contributed by atoms with Gasteiger partial charge in [0, 0.05) is 39.3 Å². The molecule has 0 saturated heterocycles. The normalized spacial score (nSPS) is 10.8. The van der Waals surface area contributed by atoms with E-state index in [1.54, 1.807) is 0 Å². The SMILES string of the molecule is OCc1c[c-]c(C(F)(F)F)cc1.[Y]. The molecule has 0 spiro atoms. The van der Waals surface area contributed by atoms with Crippen LogP contribution in [0, 0.1) is 6.07 Å². The Hall–Kier alpha value is 0.0739. The summed E-state index contributed by atoms with van der Waals surface area (Å²) in [4.78, 5) is 0. The summed E-state index contributed by atoms with van der Waals surface area (Å²) in [7, 11) is 0. The predicted molar refractivity (Wildman–Crippen MR) is 36.2 cm³/mol. The van der Waals surface area contributed by atoms with Crippen LogP contribution in [-0.4, -0.2) is 5.11 Å². The molecule has 1 N–H and O–H groups in total. The van der Waals surface area contributed by atoms with E-state index in [4.69, 9.17) is 5.11 Å². The van der Waals surface area contributed by atoms with Gasteiger partial charge in [-0.1, -0.05) is 5.56 Å². The first kappa shape index (κ1) is 13.1. The molecule has 0 aliphatic heterocycles. The number of hydrogen-bond donors (Lipinski definition) is 1. The van der Waals surface area contributed by atoms with Crippen LogP contribution in [-0.2, 0) is 45.5 Å². The van der Waals surface area contributed by atoms with Crippen molar-refractivity contribution in [3.05, 3.63) is 35.4 Å². The van der Waals surface area contributed by atoms with Gasteiger partial charge < -0.3 is 5.11 Å². The van der Waals surface area contributed by atoms with E-state index < -0.39 is 11.7 Å². The van der Waals surface area contributed by atoms with Gasteiger partial charge in [0.25, 0.3) is 0 Å². The Kier molecular flexibility index (Phi) is 5.11. The van der Waals surface area contributed by atoms with Gasteiger partial charge in [0.2, 0.25) is 0 Å². The second-order valence-electron chi connectivity index (χ2n) is 2.27. The molecule has 13 heavy (non-hydrogen) atoms. The minimum atomic E-state index is -4.35. The predicted octanol–water partition coefficient (Wildman–Crippen LogP) is 2.00. The van der Waals surface area contributed by atoms with Crippen LogP contribution in [0.1, 0.15) is 11.1 Å². The van der Waals surface area contributed by atoms with E-state index in [0.717, 1.165) is 12.1 Å². The van der Waals surface area contributed by atoms with Gasteiger partial charge in [-0.05, 0) is 0 Å². The zero-order chi connectivity index (χ0) is 9.19. The molecule has 0 aliphatic carbocycles. The molecule has 0 aromatic heterocycles. The molecule has 1 aromatic carbocycles. The molecule has 5 heteroatoms. The average Bonchev–Trinajstić information content (AvgIpc) is 2.03. The topological polar surface area (TPSA) is 20.2 Å². The van der Waals surface area contributed by atoms with Crippen molar-refractivity contribution in [3.63, 3.8) is 0 Å². The fraction of sp³-hybridized carbons (Fsp3) is 0.250. The maximum absolute atomic E-state index is 11.9. The van der Waals surface area contributed by atoms with Crippen molar-refractivity contribution in [2.45, 2.75) is 12.8 Å². The average molecular weight is 264 g/mol. The first-order valence-electron chi connectivity index (χ1n) is 3.22. The van der Waals surface area contributed by atoms with Crippen LogP contribution in [0.5, 0.6) is 0 Å². The molecule has 0 bridgehead atoms. The summed E-state index contributed by atoms with van der Waals surface area (Å²) in [5.74, 6) is 0. The van der Waals surface area contributed by atoms with Crippen molar-refractivity contribution in [1.29, 1.82) is 0 Å². The number of benzene rings is 1. The molecule has 1 aromatic rings. The Balaban J connectivity index is 0.00000144. The zero-order valence-corrected chi connectivity index (χ0v) is 9.44. The van der Waals surface area contributed by atoms with Gasteiger partial charge in [0.1, 0.15) is 0 Å².